The molecule has 0 bridgehead atoms. The summed E-state index contributed by atoms with van der Waals surface area (Å²) in [7, 11) is 0. The second-order valence-corrected chi connectivity index (χ2v) is 2.64. The van der Waals surface area contributed by atoms with Gasteiger partial charge in [0.2, 0.25) is 0 Å². The zero-order valence-electron chi connectivity index (χ0n) is 8.25. The van der Waals surface area contributed by atoms with E-state index in [4.69, 9.17) is 10.2 Å². The third-order valence-corrected chi connectivity index (χ3v) is 1.26. The molecule has 0 aliphatic rings. The molecule has 13 heavy (non-hydrogen) atoms. The molecule has 0 aromatic carbocycles. The molecule has 0 aromatic rings. The van der Waals surface area contributed by atoms with E-state index in [1.165, 1.54) is 19.3 Å². The van der Waals surface area contributed by atoms with Gasteiger partial charge in [-0.15, -0.1) is 0 Å². The SMILES string of the molecule is CCCCC.O=C(O)CCC(=O)O. The molecule has 2 N–H and O–H groups in total. The average molecular weight is 190 g/mol. The molecule has 4 nitrogen and oxygen atoms in total. The summed E-state index contributed by atoms with van der Waals surface area (Å²) in [5.74, 6) is -2.15. The van der Waals surface area contributed by atoms with Gasteiger partial charge >= 0.3 is 11.9 Å². The van der Waals surface area contributed by atoms with E-state index in [2.05, 4.69) is 13.8 Å². The molecule has 78 valence electrons. The molecule has 0 aliphatic heterocycles. The van der Waals surface area contributed by atoms with Crippen LogP contribution in [0.5, 0.6) is 0 Å². The molecule has 0 spiro atoms. The number of carboxylic acids is 2. The lowest BCUT2D eigenvalue weighted by Gasteiger charge is -1.85. The van der Waals surface area contributed by atoms with Crippen LogP contribution in [0.1, 0.15) is 46.0 Å². The van der Waals surface area contributed by atoms with E-state index >= 15 is 0 Å². The van der Waals surface area contributed by atoms with Crippen LogP contribution in [0.3, 0.4) is 0 Å². The number of rotatable bonds is 5. The van der Waals surface area contributed by atoms with E-state index in [0.717, 1.165) is 0 Å². The highest BCUT2D eigenvalue weighted by Gasteiger charge is 2.00. The number of hydrogen-bond donors (Lipinski definition) is 2. The third-order valence-electron chi connectivity index (χ3n) is 1.26. The van der Waals surface area contributed by atoms with Crippen molar-refractivity contribution in [3.05, 3.63) is 0 Å². The highest BCUT2D eigenvalue weighted by Crippen LogP contribution is 1.88. The fourth-order valence-corrected chi connectivity index (χ4v) is 0.567. The number of unbranched alkanes of at least 4 members (excludes halogenated alkanes) is 2. The van der Waals surface area contributed by atoms with Crippen LogP contribution in [0.25, 0.3) is 0 Å². The summed E-state index contributed by atoms with van der Waals surface area (Å²) in [6.45, 7) is 4.42. The van der Waals surface area contributed by atoms with Crippen LogP contribution in [0, 0.1) is 0 Å². The number of hydrogen-bond acceptors (Lipinski definition) is 2. The van der Waals surface area contributed by atoms with E-state index in [-0.39, 0.29) is 12.8 Å². The van der Waals surface area contributed by atoms with E-state index in [9.17, 15) is 9.59 Å². The number of aliphatic carboxylic acids is 2. The van der Waals surface area contributed by atoms with Gasteiger partial charge < -0.3 is 10.2 Å². The molecular formula is C9H18O4. The van der Waals surface area contributed by atoms with Gasteiger partial charge in [0.1, 0.15) is 0 Å². The van der Waals surface area contributed by atoms with Crippen molar-refractivity contribution in [2.75, 3.05) is 0 Å². The third kappa shape index (κ3) is 24.8. The van der Waals surface area contributed by atoms with Crippen LogP contribution in [0.4, 0.5) is 0 Å². The van der Waals surface area contributed by atoms with Crippen LogP contribution < -0.4 is 0 Å². The van der Waals surface area contributed by atoms with Gasteiger partial charge in [-0.3, -0.25) is 9.59 Å². The van der Waals surface area contributed by atoms with E-state index < -0.39 is 11.9 Å². The molecule has 0 aliphatic carbocycles. The van der Waals surface area contributed by atoms with Gasteiger partial charge in [0.05, 0.1) is 12.8 Å². The smallest absolute Gasteiger partial charge is 0.303 e. The molecule has 0 amide bonds. The van der Waals surface area contributed by atoms with Gasteiger partial charge in [0.25, 0.3) is 0 Å². The summed E-state index contributed by atoms with van der Waals surface area (Å²) < 4.78 is 0. The lowest BCUT2D eigenvalue weighted by molar-refractivity contribution is -0.143. The van der Waals surface area contributed by atoms with E-state index in [1.54, 1.807) is 0 Å². The average Bonchev–Trinajstić information content (AvgIpc) is 2.03. The van der Waals surface area contributed by atoms with Crippen molar-refractivity contribution in [3.63, 3.8) is 0 Å². The van der Waals surface area contributed by atoms with E-state index in [1.807, 2.05) is 0 Å². The molecule has 0 rings (SSSR count). The second-order valence-electron chi connectivity index (χ2n) is 2.64. The zero-order chi connectivity index (χ0) is 10.7. The minimum atomic E-state index is -1.08. The molecule has 0 atom stereocenters. The first-order valence-electron chi connectivity index (χ1n) is 4.48. The quantitative estimate of drug-likeness (QED) is 0.696. The molecular weight excluding hydrogens is 172 g/mol. The molecule has 0 saturated heterocycles. The van der Waals surface area contributed by atoms with Crippen LogP contribution in [0.2, 0.25) is 0 Å². The maximum absolute atomic E-state index is 9.64. The minimum Gasteiger partial charge on any atom is -0.481 e. The Bertz CT molecular complexity index is 127. The Balaban J connectivity index is 0. The Hall–Kier alpha value is -1.06. The van der Waals surface area contributed by atoms with Gasteiger partial charge in [0.15, 0.2) is 0 Å². The zero-order valence-corrected chi connectivity index (χ0v) is 8.25. The van der Waals surface area contributed by atoms with Crippen molar-refractivity contribution in [2.45, 2.75) is 46.0 Å². The van der Waals surface area contributed by atoms with Gasteiger partial charge in [0, 0.05) is 0 Å². The van der Waals surface area contributed by atoms with Crippen molar-refractivity contribution in [1.82, 2.24) is 0 Å². The van der Waals surface area contributed by atoms with Crippen LogP contribution in [-0.2, 0) is 9.59 Å². The summed E-state index contributed by atoms with van der Waals surface area (Å²) in [4.78, 5) is 19.3. The first-order valence-corrected chi connectivity index (χ1v) is 4.48. The monoisotopic (exact) mass is 190 g/mol. The lowest BCUT2D eigenvalue weighted by atomic mass is 10.3. The molecule has 0 aromatic heterocycles. The largest absolute Gasteiger partial charge is 0.481 e. The molecule has 4 heteroatoms. The summed E-state index contributed by atoms with van der Waals surface area (Å²) in [5.41, 5.74) is 0. The summed E-state index contributed by atoms with van der Waals surface area (Å²) in [5, 5.41) is 15.8. The summed E-state index contributed by atoms with van der Waals surface area (Å²) in [6.07, 6.45) is 3.48. The lowest BCUT2D eigenvalue weighted by Crippen LogP contribution is -2.00. The van der Waals surface area contributed by atoms with Crippen LogP contribution >= 0.6 is 0 Å². The maximum atomic E-state index is 9.64. The van der Waals surface area contributed by atoms with Gasteiger partial charge in [-0.25, -0.2) is 0 Å². The van der Waals surface area contributed by atoms with Crippen molar-refractivity contribution in [2.24, 2.45) is 0 Å². The second kappa shape index (κ2) is 10.9. The summed E-state index contributed by atoms with van der Waals surface area (Å²) >= 11 is 0. The van der Waals surface area contributed by atoms with Crippen molar-refractivity contribution in [3.8, 4) is 0 Å². The Kier molecular flexibility index (Phi) is 12.2. The first-order chi connectivity index (χ1) is 6.04. The normalized spacial score (nSPS) is 8.46. The highest BCUT2D eigenvalue weighted by molar-refractivity contribution is 5.75. The van der Waals surface area contributed by atoms with Gasteiger partial charge in [-0.05, 0) is 0 Å². The maximum Gasteiger partial charge on any atom is 0.303 e. The number of carbonyl (C=O) groups is 2. The van der Waals surface area contributed by atoms with E-state index in [0.29, 0.717) is 0 Å². The molecule has 0 radical (unpaired) electrons. The molecule has 0 unspecified atom stereocenters. The topological polar surface area (TPSA) is 74.6 Å². The molecule has 0 heterocycles. The summed E-state index contributed by atoms with van der Waals surface area (Å²) in [6, 6.07) is 0. The van der Waals surface area contributed by atoms with Crippen LogP contribution in [0.15, 0.2) is 0 Å². The Labute approximate surface area is 78.6 Å². The molecule has 0 saturated carbocycles. The Morgan fingerprint density at radius 2 is 1.23 bits per heavy atom. The Morgan fingerprint density at radius 1 is 0.923 bits per heavy atom. The van der Waals surface area contributed by atoms with Crippen molar-refractivity contribution >= 4 is 11.9 Å². The highest BCUT2D eigenvalue weighted by atomic mass is 16.4. The van der Waals surface area contributed by atoms with Crippen molar-refractivity contribution < 1.29 is 19.8 Å². The Morgan fingerprint density at radius 3 is 1.31 bits per heavy atom. The fraction of sp³-hybridized carbons (Fsp3) is 0.778. The fourth-order valence-electron chi connectivity index (χ4n) is 0.567. The number of carboxylic acid groups (broad SMARTS) is 2. The minimum absolute atomic E-state index is 0.296. The van der Waals surface area contributed by atoms with Crippen LogP contribution in [-0.4, -0.2) is 22.2 Å². The van der Waals surface area contributed by atoms with Crippen molar-refractivity contribution in [1.29, 1.82) is 0 Å². The predicted molar refractivity (Wildman–Crippen MR) is 49.7 cm³/mol. The molecule has 0 fully saturated rings. The van der Waals surface area contributed by atoms with Gasteiger partial charge in [-0.1, -0.05) is 33.1 Å². The standard InChI is InChI=1S/C5H12.C4H6O4/c1-3-5-4-2;5-3(6)1-2-4(7)8/h3-5H2,1-2H3;1-2H2,(H,5,6)(H,7,8). The van der Waals surface area contributed by atoms with Gasteiger partial charge in [-0.2, -0.15) is 0 Å². The predicted octanol–water partition coefficient (Wildman–Crippen LogP) is 2.13. The first kappa shape index (κ1) is 14.5.